The van der Waals surface area contributed by atoms with Crippen LogP contribution in [0.5, 0.6) is 0 Å². The van der Waals surface area contributed by atoms with Crippen LogP contribution in [0, 0.1) is 0 Å². The maximum Gasteiger partial charge on any atom is 0.265 e. The van der Waals surface area contributed by atoms with E-state index in [0.717, 1.165) is 11.1 Å². The summed E-state index contributed by atoms with van der Waals surface area (Å²) in [6.45, 7) is 6.56. The summed E-state index contributed by atoms with van der Waals surface area (Å²) in [6.07, 6.45) is 0. The highest BCUT2D eigenvalue weighted by Gasteiger charge is 2.15. The molecule has 4 nitrogen and oxygen atoms in total. The minimum atomic E-state index is -0.123. The zero-order valence-corrected chi connectivity index (χ0v) is 16.3. The lowest BCUT2D eigenvalue weighted by Crippen LogP contribution is -2.10. The van der Waals surface area contributed by atoms with E-state index >= 15 is 0 Å². The van der Waals surface area contributed by atoms with Gasteiger partial charge in [-0.1, -0.05) is 39.0 Å². The summed E-state index contributed by atoms with van der Waals surface area (Å²) in [5.74, 6) is 0.453. The van der Waals surface area contributed by atoms with Gasteiger partial charge >= 0.3 is 0 Å². The fourth-order valence-corrected chi connectivity index (χ4v) is 3.46. The molecule has 27 heavy (non-hydrogen) atoms. The number of nitrogens with zero attached hydrogens (tertiary/aromatic N) is 1. The van der Waals surface area contributed by atoms with Crippen molar-refractivity contribution in [1.29, 1.82) is 0 Å². The highest BCUT2D eigenvalue weighted by atomic mass is 32.1. The monoisotopic (exact) mass is 376 g/mol. The minimum absolute atomic E-state index is 0.107. The molecular weight excluding hydrogens is 356 g/mol. The molecule has 1 amide bonds. The Kier molecular flexibility index (Phi) is 4.32. The van der Waals surface area contributed by atoms with Gasteiger partial charge in [-0.15, -0.1) is 11.3 Å². The molecule has 4 rings (SSSR count). The second-order valence-corrected chi connectivity index (χ2v) is 8.41. The highest BCUT2D eigenvalue weighted by molar-refractivity contribution is 7.12. The number of oxazole rings is 1. The molecule has 2 aromatic carbocycles. The molecule has 2 heterocycles. The standard InChI is InChI=1S/C22H20N2O2S/c1-22(2,3)15-8-6-14(7-9-15)21-24-17-11-10-16(13-18(17)26-21)23-20(25)19-5-4-12-27-19/h4-13H,1-3H3,(H,23,25). The molecule has 0 radical (unpaired) electrons. The van der Waals surface area contributed by atoms with Crippen molar-refractivity contribution in [1.82, 2.24) is 4.98 Å². The Labute approximate surface area is 161 Å². The SMILES string of the molecule is CC(C)(C)c1ccc(-c2nc3ccc(NC(=O)c4cccs4)cc3o2)cc1. The normalized spacial score (nSPS) is 11.7. The fourth-order valence-electron chi connectivity index (χ4n) is 2.84. The van der Waals surface area contributed by atoms with E-state index < -0.39 is 0 Å². The first-order valence-electron chi connectivity index (χ1n) is 8.76. The molecule has 0 aliphatic heterocycles. The molecule has 0 spiro atoms. The van der Waals surface area contributed by atoms with Crippen LogP contribution in [0.15, 0.2) is 64.4 Å². The van der Waals surface area contributed by atoms with E-state index in [4.69, 9.17) is 4.42 Å². The number of fused-ring (bicyclic) bond motifs is 1. The van der Waals surface area contributed by atoms with Gasteiger partial charge in [0, 0.05) is 17.3 Å². The Morgan fingerprint density at radius 3 is 2.52 bits per heavy atom. The van der Waals surface area contributed by atoms with Crippen molar-refractivity contribution in [2.24, 2.45) is 0 Å². The van der Waals surface area contributed by atoms with E-state index in [2.05, 4.69) is 43.2 Å². The van der Waals surface area contributed by atoms with Gasteiger partial charge in [-0.3, -0.25) is 4.79 Å². The molecule has 0 aliphatic carbocycles. The van der Waals surface area contributed by atoms with Crippen molar-refractivity contribution < 1.29 is 9.21 Å². The summed E-state index contributed by atoms with van der Waals surface area (Å²) in [7, 11) is 0. The molecule has 2 aromatic heterocycles. The van der Waals surface area contributed by atoms with E-state index in [0.29, 0.717) is 22.0 Å². The van der Waals surface area contributed by atoms with Crippen LogP contribution in [0.4, 0.5) is 5.69 Å². The van der Waals surface area contributed by atoms with E-state index in [1.165, 1.54) is 16.9 Å². The van der Waals surface area contributed by atoms with Crippen LogP contribution in [-0.4, -0.2) is 10.9 Å². The number of rotatable bonds is 3. The second kappa shape index (κ2) is 6.67. The molecule has 0 saturated heterocycles. The Balaban J connectivity index is 1.60. The van der Waals surface area contributed by atoms with E-state index in [1.54, 1.807) is 12.1 Å². The number of benzene rings is 2. The van der Waals surface area contributed by atoms with Crippen molar-refractivity contribution >= 4 is 34.0 Å². The lowest BCUT2D eigenvalue weighted by molar-refractivity contribution is 0.103. The maximum atomic E-state index is 12.2. The Bertz CT molecular complexity index is 1090. The minimum Gasteiger partial charge on any atom is -0.436 e. The van der Waals surface area contributed by atoms with Gasteiger partial charge < -0.3 is 9.73 Å². The van der Waals surface area contributed by atoms with E-state index in [-0.39, 0.29) is 11.3 Å². The quantitative estimate of drug-likeness (QED) is 0.469. The number of aromatic nitrogens is 1. The number of hydrogen-bond acceptors (Lipinski definition) is 4. The predicted octanol–water partition coefficient (Wildman–Crippen LogP) is 6.11. The van der Waals surface area contributed by atoms with Crippen molar-refractivity contribution in [3.63, 3.8) is 0 Å². The van der Waals surface area contributed by atoms with Gasteiger partial charge in [0.25, 0.3) is 5.91 Å². The molecule has 0 atom stereocenters. The number of carbonyl (C=O) groups is 1. The van der Waals surface area contributed by atoms with Gasteiger partial charge in [0.2, 0.25) is 5.89 Å². The fraction of sp³-hybridized carbons (Fsp3) is 0.182. The highest BCUT2D eigenvalue weighted by Crippen LogP contribution is 2.29. The number of amides is 1. The smallest absolute Gasteiger partial charge is 0.265 e. The number of anilines is 1. The van der Waals surface area contributed by atoms with Crippen molar-refractivity contribution in [2.75, 3.05) is 5.32 Å². The first-order valence-corrected chi connectivity index (χ1v) is 9.64. The van der Waals surface area contributed by atoms with Gasteiger partial charge in [-0.25, -0.2) is 4.98 Å². The molecule has 1 N–H and O–H groups in total. The summed E-state index contributed by atoms with van der Waals surface area (Å²) in [6, 6.07) is 17.4. The summed E-state index contributed by atoms with van der Waals surface area (Å²) in [5.41, 5.74) is 4.40. The van der Waals surface area contributed by atoms with E-state index in [1.807, 2.05) is 35.7 Å². The molecule has 136 valence electrons. The zero-order valence-electron chi connectivity index (χ0n) is 15.4. The Hall–Kier alpha value is -2.92. The average Bonchev–Trinajstić information content (AvgIpc) is 3.30. The molecular formula is C22H20N2O2S. The van der Waals surface area contributed by atoms with Crippen LogP contribution < -0.4 is 5.32 Å². The summed E-state index contributed by atoms with van der Waals surface area (Å²) < 4.78 is 5.93. The average molecular weight is 376 g/mol. The third kappa shape index (κ3) is 3.64. The number of hydrogen-bond donors (Lipinski definition) is 1. The second-order valence-electron chi connectivity index (χ2n) is 7.46. The van der Waals surface area contributed by atoms with Crippen molar-refractivity contribution in [2.45, 2.75) is 26.2 Å². The Morgan fingerprint density at radius 1 is 1.07 bits per heavy atom. The first-order chi connectivity index (χ1) is 12.9. The Morgan fingerprint density at radius 2 is 1.85 bits per heavy atom. The number of thiophene rings is 1. The summed E-state index contributed by atoms with van der Waals surface area (Å²) in [4.78, 5) is 17.4. The van der Waals surface area contributed by atoms with Gasteiger partial charge in [-0.2, -0.15) is 0 Å². The summed E-state index contributed by atoms with van der Waals surface area (Å²) in [5, 5.41) is 4.77. The van der Waals surface area contributed by atoms with Gasteiger partial charge in [0.05, 0.1) is 4.88 Å². The number of carbonyl (C=O) groups excluding carboxylic acids is 1. The van der Waals surface area contributed by atoms with Crippen LogP contribution in [0.2, 0.25) is 0 Å². The predicted molar refractivity (Wildman–Crippen MR) is 110 cm³/mol. The third-order valence-corrected chi connectivity index (χ3v) is 5.26. The van der Waals surface area contributed by atoms with Crippen LogP contribution in [0.1, 0.15) is 36.0 Å². The number of nitrogens with one attached hydrogen (secondary N) is 1. The zero-order chi connectivity index (χ0) is 19.0. The molecule has 0 bridgehead atoms. The van der Waals surface area contributed by atoms with Gasteiger partial charge in [0.15, 0.2) is 5.58 Å². The topological polar surface area (TPSA) is 55.1 Å². The van der Waals surface area contributed by atoms with Crippen LogP contribution in [0.3, 0.4) is 0 Å². The first kappa shape index (κ1) is 17.5. The van der Waals surface area contributed by atoms with Crippen LogP contribution >= 0.6 is 11.3 Å². The third-order valence-electron chi connectivity index (χ3n) is 4.39. The molecule has 5 heteroatoms. The van der Waals surface area contributed by atoms with Crippen LogP contribution in [-0.2, 0) is 5.41 Å². The van der Waals surface area contributed by atoms with Gasteiger partial charge in [0.1, 0.15) is 5.52 Å². The lowest BCUT2D eigenvalue weighted by atomic mass is 9.87. The largest absolute Gasteiger partial charge is 0.436 e. The summed E-state index contributed by atoms with van der Waals surface area (Å²) >= 11 is 1.41. The van der Waals surface area contributed by atoms with E-state index in [9.17, 15) is 4.79 Å². The lowest BCUT2D eigenvalue weighted by Gasteiger charge is -2.18. The molecule has 4 aromatic rings. The molecule has 0 aliphatic rings. The van der Waals surface area contributed by atoms with Crippen LogP contribution in [0.25, 0.3) is 22.6 Å². The molecule has 0 fully saturated rings. The van der Waals surface area contributed by atoms with Crippen molar-refractivity contribution in [3.05, 3.63) is 70.4 Å². The molecule has 0 saturated carbocycles. The van der Waals surface area contributed by atoms with Crippen molar-refractivity contribution in [3.8, 4) is 11.5 Å². The molecule has 0 unspecified atom stereocenters. The van der Waals surface area contributed by atoms with Gasteiger partial charge in [-0.05, 0) is 46.7 Å². The maximum absolute atomic E-state index is 12.2.